The van der Waals surface area contributed by atoms with Crippen LogP contribution in [0.25, 0.3) is 11.0 Å². The molecule has 3 aromatic carbocycles. The maximum absolute atomic E-state index is 13.1. The highest BCUT2D eigenvalue weighted by Gasteiger charge is 2.32. The van der Waals surface area contributed by atoms with Crippen LogP contribution >= 0.6 is 0 Å². The fourth-order valence-electron chi connectivity index (χ4n) is 5.51. The number of aliphatic hydroxyl groups is 1. The van der Waals surface area contributed by atoms with Crippen LogP contribution in [-0.4, -0.2) is 39.6 Å². The van der Waals surface area contributed by atoms with Crippen LogP contribution in [0, 0.1) is 5.92 Å². The van der Waals surface area contributed by atoms with Crippen molar-refractivity contribution in [1.29, 1.82) is 0 Å². The Morgan fingerprint density at radius 3 is 2.45 bits per heavy atom. The van der Waals surface area contributed by atoms with E-state index in [1.807, 2.05) is 48.5 Å². The molecule has 0 bridgehead atoms. The SMILES string of the molecule is O=C(CNC(=O)[C@@H]1CCCC[C@H]1c1ccc(Cn2c(CCO)nc3ccccc32)cc1)Nc1ccccc1. The van der Waals surface area contributed by atoms with E-state index in [1.165, 1.54) is 0 Å². The van der Waals surface area contributed by atoms with Gasteiger partial charge in [0.25, 0.3) is 0 Å². The van der Waals surface area contributed by atoms with Gasteiger partial charge in [0, 0.05) is 24.6 Å². The highest BCUT2D eigenvalue weighted by molar-refractivity contribution is 5.94. The van der Waals surface area contributed by atoms with E-state index in [0.29, 0.717) is 13.0 Å². The summed E-state index contributed by atoms with van der Waals surface area (Å²) in [4.78, 5) is 30.1. The van der Waals surface area contributed by atoms with E-state index in [4.69, 9.17) is 4.98 Å². The molecule has 4 aromatic rings. The maximum Gasteiger partial charge on any atom is 0.243 e. The first-order valence-electron chi connectivity index (χ1n) is 13.4. The molecule has 0 saturated heterocycles. The number of aromatic nitrogens is 2. The van der Waals surface area contributed by atoms with E-state index in [9.17, 15) is 14.7 Å². The van der Waals surface area contributed by atoms with Crippen molar-refractivity contribution in [3.63, 3.8) is 0 Å². The van der Waals surface area contributed by atoms with Gasteiger partial charge in [-0.25, -0.2) is 4.98 Å². The van der Waals surface area contributed by atoms with E-state index in [1.54, 1.807) is 0 Å². The summed E-state index contributed by atoms with van der Waals surface area (Å²) in [6.45, 7) is 0.688. The summed E-state index contributed by atoms with van der Waals surface area (Å²) < 4.78 is 2.16. The molecule has 2 atom stereocenters. The molecule has 1 aliphatic carbocycles. The molecule has 5 rings (SSSR count). The van der Waals surface area contributed by atoms with Crippen LogP contribution in [0.15, 0.2) is 78.9 Å². The number of nitrogens with one attached hydrogen (secondary N) is 2. The molecular weight excluding hydrogens is 476 g/mol. The highest BCUT2D eigenvalue weighted by Crippen LogP contribution is 2.38. The van der Waals surface area contributed by atoms with Gasteiger partial charge in [-0.1, -0.05) is 67.4 Å². The lowest BCUT2D eigenvalue weighted by Gasteiger charge is -2.31. The molecule has 1 saturated carbocycles. The van der Waals surface area contributed by atoms with Crippen LogP contribution in [-0.2, 0) is 22.6 Å². The first-order valence-corrected chi connectivity index (χ1v) is 13.4. The third-order valence-corrected chi connectivity index (χ3v) is 7.40. The molecule has 1 fully saturated rings. The van der Waals surface area contributed by atoms with Crippen molar-refractivity contribution in [3.05, 3.63) is 95.8 Å². The molecule has 0 radical (unpaired) electrons. The minimum Gasteiger partial charge on any atom is -0.396 e. The quantitative estimate of drug-likeness (QED) is 0.305. The molecule has 7 heteroatoms. The minimum absolute atomic E-state index is 0.0368. The van der Waals surface area contributed by atoms with Gasteiger partial charge in [0.05, 0.1) is 24.2 Å². The zero-order chi connectivity index (χ0) is 26.3. The second-order valence-electron chi connectivity index (χ2n) is 9.95. The largest absolute Gasteiger partial charge is 0.396 e. The zero-order valence-corrected chi connectivity index (χ0v) is 21.5. The normalized spacial score (nSPS) is 17.3. The lowest BCUT2D eigenvalue weighted by molar-refractivity contribution is -0.128. The molecule has 0 unspecified atom stereocenters. The molecule has 0 aliphatic heterocycles. The predicted molar refractivity (Wildman–Crippen MR) is 149 cm³/mol. The van der Waals surface area contributed by atoms with E-state index < -0.39 is 0 Å². The molecule has 3 N–H and O–H groups in total. The van der Waals surface area contributed by atoms with Crippen LogP contribution in [0.2, 0.25) is 0 Å². The van der Waals surface area contributed by atoms with Crippen molar-refractivity contribution in [2.75, 3.05) is 18.5 Å². The van der Waals surface area contributed by atoms with Crippen molar-refractivity contribution >= 4 is 28.5 Å². The van der Waals surface area contributed by atoms with Gasteiger partial charge in [-0.2, -0.15) is 0 Å². The Bertz CT molecular complexity index is 1380. The second-order valence-corrected chi connectivity index (χ2v) is 9.95. The van der Waals surface area contributed by atoms with E-state index in [-0.39, 0.29) is 36.8 Å². The Hall–Kier alpha value is -3.97. The number of fused-ring (bicyclic) bond motifs is 1. The topological polar surface area (TPSA) is 96.2 Å². The Labute approximate surface area is 222 Å². The summed E-state index contributed by atoms with van der Waals surface area (Å²) in [5.41, 5.74) is 5.01. The second kappa shape index (κ2) is 12.0. The standard InChI is InChI=1S/C31H34N4O3/c36-19-18-29-34-27-12-6-7-13-28(27)35(29)21-22-14-16-23(17-15-22)25-10-4-5-11-26(25)31(38)32-20-30(37)33-24-8-2-1-3-9-24/h1-3,6-9,12-17,25-26,36H,4-5,10-11,18-21H2,(H,32,38)(H,33,37)/t25-,26+/m0/s1. The van der Waals surface area contributed by atoms with E-state index >= 15 is 0 Å². The number of para-hydroxylation sites is 3. The van der Waals surface area contributed by atoms with Gasteiger partial charge < -0.3 is 20.3 Å². The van der Waals surface area contributed by atoms with Crippen molar-refractivity contribution in [2.45, 2.75) is 44.6 Å². The van der Waals surface area contributed by atoms with Crippen molar-refractivity contribution < 1.29 is 14.7 Å². The van der Waals surface area contributed by atoms with Crippen LogP contribution < -0.4 is 10.6 Å². The molecule has 196 valence electrons. The number of amides is 2. The molecular formula is C31H34N4O3. The van der Waals surface area contributed by atoms with Crippen LogP contribution in [0.5, 0.6) is 0 Å². The number of nitrogens with zero attached hydrogens (tertiary/aromatic N) is 2. The van der Waals surface area contributed by atoms with Gasteiger partial charge in [0.2, 0.25) is 11.8 Å². The van der Waals surface area contributed by atoms with Crippen molar-refractivity contribution in [3.8, 4) is 0 Å². The average Bonchev–Trinajstić information content (AvgIpc) is 3.29. The first kappa shape index (κ1) is 25.7. The minimum atomic E-state index is -0.228. The fourth-order valence-corrected chi connectivity index (χ4v) is 5.51. The number of carbonyl (C=O) groups excluding carboxylic acids is 2. The van der Waals surface area contributed by atoms with Crippen LogP contribution in [0.4, 0.5) is 5.69 Å². The maximum atomic E-state index is 13.1. The summed E-state index contributed by atoms with van der Waals surface area (Å²) in [5, 5.41) is 15.2. The Morgan fingerprint density at radius 1 is 0.921 bits per heavy atom. The Kier molecular flexibility index (Phi) is 8.14. The molecule has 0 spiro atoms. The fraction of sp³-hybridized carbons (Fsp3) is 0.323. The number of hydrogen-bond donors (Lipinski definition) is 3. The summed E-state index contributed by atoms with van der Waals surface area (Å²) >= 11 is 0. The Balaban J connectivity index is 1.25. The number of anilines is 1. The van der Waals surface area contributed by atoms with Gasteiger partial charge >= 0.3 is 0 Å². The zero-order valence-electron chi connectivity index (χ0n) is 21.5. The third-order valence-electron chi connectivity index (χ3n) is 7.40. The van der Waals surface area contributed by atoms with E-state index in [0.717, 1.165) is 59.4 Å². The molecule has 38 heavy (non-hydrogen) atoms. The summed E-state index contributed by atoms with van der Waals surface area (Å²) in [7, 11) is 0. The van der Waals surface area contributed by atoms with Gasteiger partial charge in [-0.05, 0) is 54.2 Å². The molecule has 1 aromatic heterocycles. The predicted octanol–water partition coefficient (Wildman–Crippen LogP) is 4.65. The highest BCUT2D eigenvalue weighted by atomic mass is 16.3. The van der Waals surface area contributed by atoms with Gasteiger partial charge in [0.1, 0.15) is 5.82 Å². The number of carbonyl (C=O) groups is 2. The monoisotopic (exact) mass is 510 g/mol. The smallest absolute Gasteiger partial charge is 0.243 e. The summed E-state index contributed by atoms with van der Waals surface area (Å²) in [6, 6.07) is 25.8. The van der Waals surface area contributed by atoms with Crippen LogP contribution in [0.3, 0.4) is 0 Å². The third kappa shape index (κ3) is 5.94. The number of benzene rings is 3. The number of imidazole rings is 1. The van der Waals surface area contributed by atoms with Gasteiger partial charge in [-0.3, -0.25) is 9.59 Å². The number of hydrogen-bond acceptors (Lipinski definition) is 4. The van der Waals surface area contributed by atoms with E-state index in [2.05, 4.69) is 45.5 Å². The molecule has 1 aliphatic rings. The molecule has 2 amide bonds. The summed E-state index contributed by atoms with van der Waals surface area (Å²) in [6.07, 6.45) is 4.40. The molecule has 1 heterocycles. The van der Waals surface area contributed by atoms with Crippen molar-refractivity contribution in [2.24, 2.45) is 5.92 Å². The first-order chi connectivity index (χ1) is 18.6. The van der Waals surface area contributed by atoms with Crippen molar-refractivity contribution in [1.82, 2.24) is 14.9 Å². The lowest BCUT2D eigenvalue weighted by Crippen LogP contribution is -2.39. The lowest BCUT2D eigenvalue weighted by atomic mass is 9.75. The molecule has 7 nitrogen and oxygen atoms in total. The van der Waals surface area contributed by atoms with Gasteiger partial charge in [-0.15, -0.1) is 0 Å². The number of aliphatic hydroxyl groups excluding tert-OH is 1. The number of rotatable bonds is 9. The summed E-state index contributed by atoms with van der Waals surface area (Å²) in [5.74, 6) is 0.578. The van der Waals surface area contributed by atoms with Crippen LogP contribution in [0.1, 0.15) is 48.6 Å². The average molecular weight is 511 g/mol. The van der Waals surface area contributed by atoms with Gasteiger partial charge in [0.15, 0.2) is 0 Å². The Morgan fingerprint density at radius 2 is 1.66 bits per heavy atom.